The molecule has 0 unspecified atom stereocenters. The van der Waals surface area contributed by atoms with Crippen LogP contribution in [0.2, 0.25) is 0 Å². The van der Waals surface area contributed by atoms with Crippen LogP contribution in [0.1, 0.15) is 18.7 Å². The normalized spacial score (nSPS) is 18.3. The Morgan fingerprint density at radius 2 is 2.33 bits per heavy atom. The van der Waals surface area contributed by atoms with E-state index in [9.17, 15) is 0 Å². The molecule has 0 spiro atoms. The molecule has 2 N–H and O–H groups in total. The third-order valence-electron chi connectivity index (χ3n) is 3.38. The molecule has 0 amide bonds. The number of hydrogen-bond acceptors (Lipinski definition) is 3. The molecule has 2 heterocycles. The minimum atomic E-state index is 0.134. The van der Waals surface area contributed by atoms with Gasteiger partial charge in [0.15, 0.2) is 5.65 Å². The molecule has 1 aliphatic rings. The fourth-order valence-electron chi connectivity index (χ4n) is 2.17. The Kier molecular flexibility index (Phi) is 1.65. The fourth-order valence-corrected chi connectivity index (χ4v) is 2.17. The number of imidazole rings is 1. The van der Waals surface area contributed by atoms with Crippen LogP contribution in [0.15, 0.2) is 18.3 Å². The van der Waals surface area contributed by atoms with Crippen LogP contribution in [0.3, 0.4) is 0 Å². The maximum Gasteiger partial charge on any atom is 0.177 e. The van der Waals surface area contributed by atoms with Crippen LogP contribution in [-0.2, 0) is 12.5 Å². The van der Waals surface area contributed by atoms with Crippen LogP contribution in [-0.4, -0.2) is 21.1 Å². The SMILES string of the molecule is Cn1c(C2(CN)CC2)nc2ncccc21. The molecule has 0 aromatic carbocycles. The fraction of sp³-hybridized carbons (Fsp3) is 0.455. The van der Waals surface area contributed by atoms with Gasteiger partial charge in [0.05, 0.1) is 5.52 Å². The van der Waals surface area contributed by atoms with E-state index in [4.69, 9.17) is 5.73 Å². The minimum absolute atomic E-state index is 0.134. The summed E-state index contributed by atoms with van der Waals surface area (Å²) in [6.07, 6.45) is 4.09. The summed E-state index contributed by atoms with van der Waals surface area (Å²) in [7, 11) is 2.04. The minimum Gasteiger partial charge on any atom is -0.329 e. The molecular weight excluding hydrogens is 188 g/mol. The summed E-state index contributed by atoms with van der Waals surface area (Å²) < 4.78 is 2.13. The second-order valence-corrected chi connectivity index (χ2v) is 4.33. The Bertz CT molecular complexity index is 510. The predicted molar refractivity (Wildman–Crippen MR) is 58.5 cm³/mol. The van der Waals surface area contributed by atoms with E-state index < -0.39 is 0 Å². The van der Waals surface area contributed by atoms with E-state index in [1.807, 2.05) is 19.2 Å². The van der Waals surface area contributed by atoms with E-state index in [0.717, 1.165) is 29.8 Å². The quantitative estimate of drug-likeness (QED) is 0.789. The van der Waals surface area contributed by atoms with Gasteiger partial charge in [-0.3, -0.25) is 0 Å². The highest BCUT2D eigenvalue weighted by atomic mass is 15.1. The van der Waals surface area contributed by atoms with Crippen molar-refractivity contribution < 1.29 is 0 Å². The molecule has 0 atom stereocenters. The van der Waals surface area contributed by atoms with E-state index in [2.05, 4.69) is 14.5 Å². The molecule has 1 aliphatic carbocycles. The average molecular weight is 202 g/mol. The van der Waals surface area contributed by atoms with Gasteiger partial charge >= 0.3 is 0 Å². The number of fused-ring (bicyclic) bond motifs is 1. The summed E-state index contributed by atoms with van der Waals surface area (Å²) in [5.74, 6) is 1.10. The van der Waals surface area contributed by atoms with Crippen molar-refractivity contribution in [2.45, 2.75) is 18.3 Å². The molecule has 3 rings (SSSR count). The summed E-state index contributed by atoms with van der Waals surface area (Å²) >= 11 is 0. The number of aryl methyl sites for hydroxylation is 1. The maximum absolute atomic E-state index is 5.82. The zero-order valence-electron chi connectivity index (χ0n) is 8.77. The van der Waals surface area contributed by atoms with Crippen molar-refractivity contribution in [2.24, 2.45) is 12.8 Å². The Hall–Kier alpha value is -1.42. The molecular formula is C11H14N4. The average Bonchev–Trinajstić information content (AvgIpc) is 3.00. The largest absolute Gasteiger partial charge is 0.329 e. The van der Waals surface area contributed by atoms with Crippen LogP contribution in [0.4, 0.5) is 0 Å². The molecule has 15 heavy (non-hydrogen) atoms. The van der Waals surface area contributed by atoms with Gasteiger partial charge in [-0.05, 0) is 25.0 Å². The number of hydrogen-bond donors (Lipinski definition) is 1. The van der Waals surface area contributed by atoms with Crippen LogP contribution < -0.4 is 5.73 Å². The van der Waals surface area contributed by atoms with Crippen molar-refractivity contribution in [1.82, 2.24) is 14.5 Å². The van der Waals surface area contributed by atoms with E-state index in [1.165, 1.54) is 0 Å². The number of nitrogens with zero attached hydrogens (tertiary/aromatic N) is 3. The number of rotatable bonds is 2. The highest BCUT2D eigenvalue weighted by Gasteiger charge is 2.46. The van der Waals surface area contributed by atoms with Gasteiger partial charge in [0, 0.05) is 25.2 Å². The molecule has 0 aliphatic heterocycles. The summed E-state index contributed by atoms with van der Waals surface area (Å²) in [6, 6.07) is 3.99. The van der Waals surface area contributed by atoms with Gasteiger partial charge < -0.3 is 10.3 Å². The smallest absolute Gasteiger partial charge is 0.177 e. The molecule has 78 valence electrons. The molecule has 0 saturated heterocycles. The standard InChI is InChI=1S/C11H14N4/c1-15-8-3-2-6-13-9(8)14-10(15)11(7-12)4-5-11/h2-3,6H,4-5,7,12H2,1H3. The third kappa shape index (κ3) is 1.11. The molecule has 0 bridgehead atoms. The van der Waals surface area contributed by atoms with Gasteiger partial charge in [-0.1, -0.05) is 0 Å². The van der Waals surface area contributed by atoms with Gasteiger partial charge in [0.1, 0.15) is 5.82 Å². The molecule has 4 heteroatoms. The molecule has 2 aromatic heterocycles. The second-order valence-electron chi connectivity index (χ2n) is 4.33. The van der Waals surface area contributed by atoms with Gasteiger partial charge in [-0.25, -0.2) is 9.97 Å². The lowest BCUT2D eigenvalue weighted by Crippen LogP contribution is -2.23. The summed E-state index contributed by atoms with van der Waals surface area (Å²) in [5, 5.41) is 0. The zero-order valence-corrected chi connectivity index (χ0v) is 8.77. The van der Waals surface area contributed by atoms with Crippen molar-refractivity contribution in [2.75, 3.05) is 6.54 Å². The molecule has 4 nitrogen and oxygen atoms in total. The van der Waals surface area contributed by atoms with E-state index in [1.54, 1.807) is 6.20 Å². The topological polar surface area (TPSA) is 56.7 Å². The monoisotopic (exact) mass is 202 g/mol. The number of nitrogens with two attached hydrogens (primary N) is 1. The van der Waals surface area contributed by atoms with Crippen LogP contribution >= 0.6 is 0 Å². The Labute approximate surface area is 88.1 Å². The van der Waals surface area contributed by atoms with Crippen LogP contribution in [0.5, 0.6) is 0 Å². The van der Waals surface area contributed by atoms with Crippen LogP contribution in [0, 0.1) is 0 Å². The zero-order chi connectivity index (χ0) is 10.5. The van der Waals surface area contributed by atoms with Gasteiger partial charge in [0.25, 0.3) is 0 Å². The first-order chi connectivity index (χ1) is 7.27. The van der Waals surface area contributed by atoms with Crippen molar-refractivity contribution in [3.63, 3.8) is 0 Å². The molecule has 0 radical (unpaired) electrons. The molecule has 2 aromatic rings. The highest BCUT2D eigenvalue weighted by molar-refractivity contribution is 5.71. The maximum atomic E-state index is 5.82. The summed E-state index contributed by atoms with van der Waals surface area (Å²) in [5.41, 5.74) is 7.87. The van der Waals surface area contributed by atoms with E-state index in [0.29, 0.717) is 6.54 Å². The Morgan fingerprint density at radius 3 is 2.93 bits per heavy atom. The van der Waals surface area contributed by atoms with Crippen molar-refractivity contribution in [1.29, 1.82) is 0 Å². The number of pyridine rings is 1. The first kappa shape index (κ1) is 8.85. The first-order valence-electron chi connectivity index (χ1n) is 5.25. The van der Waals surface area contributed by atoms with Gasteiger partial charge in [-0.2, -0.15) is 0 Å². The van der Waals surface area contributed by atoms with Crippen molar-refractivity contribution >= 4 is 11.2 Å². The predicted octanol–water partition coefficient (Wildman–Crippen LogP) is 0.959. The van der Waals surface area contributed by atoms with Gasteiger partial charge in [-0.15, -0.1) is 0 Å². The summed E-state index contributed by atoms with van der Waals surface area (Å²) in [4.78, 5) is 8.85. The lowest BCUT2D eigenvalue weighted by atomic mass is 10.1. The first-order valence-corrected chi connectivity index (χ1v) is 5.25. The second kappa shape index (κ2) is 2.79. The van der Waals surface area contributed by atoms with Gasteiger partial charge in [0.2, 0.25) is 0 Å². The lowest BCUT2D eigenvalue weighted by molar-refractivity contribution is 0.620. The van der Waals surface area contributed by atoms with Crippen molar-refractivity contribution in [3.05, 3.63) is 24.2 Å². The Morgan fingerprint density at radius 1 is 1.53 bits per heavy atom. The lowest BCUT2D eigenvalue weighted by Gasteiger charge is -2.11. The highest BCUT2D eigenvalue weighted by Crippen LogP contribution is 2.46. The van der Waals surface area contributed by atoms with Crippen molar-refractivity contribution in [3.8, 4) is 0 Å². The molecule has 1 saturated carbocycles. The number of aromatic nitrogens is 3. The third-order valence-corrected chi connectivity index (χ3v) is 3.38. The molecule has 1 fully saturated rings. The van der Waals surface area contributed by atoms with Crippen LogP contribution in [0.25, 0.3) is 11.2 Å². The van der Waals surface area contributed by atoms with E-state index >= 15 is 0 Å². The summed E-state index contributed by atoms with van der Waals surface area (Å²) in [6.45, 7) is 0.685. The van der Waals surface area contributed by atoms with E-state index in [-0.39, 0.29) is 5.41 Å². The Balaban J connectivity index is 2.24.